The van der Waals surface area contributed by atoms with Gasteiger partial charge in [0.2, 0.25) is 0 Å². The third-order valence-electron chi connectivity index (χ3n) is 1.97. The molecule has 0 saturated heterocycles. The molecule has 1 unspecified atom stereocenters. The first-order valence-corrected chi connectivity index (χ1v) is 6.68. The molecule has 0 heterocycles. The summed E-state index contributed by atoms with van der Waals surface area (Å²) in [7, 11) is -2.02. The lowest BCUT2D eigenvalue weighted by molar-refractivity contribution is 0.558. The lowest BCUT2D eigenvalue weighted by Crippen LogP contribution is -2.35. The number of rotatable bonds is 4. The first-order chi connectivity index (χ1) is 6.94. The van der Waals surface area contributed by atoms with Crippen molar-refractivity contribution in [2.75, 3.05) is 7.05 Å². The second kappa shape index (κ2) is 5.07. The number of nitrogens with one attached hydrogen (secondary N) is 2. The lowest BCUT2D eigenvalue weighted by Gasteiger charge is -2.13. The van der Waals surface area contributed by atoms with Crippen molar-refractivity contribution in [3.8, 4) is 0 Å². The van der Waals surface area contributed by atoms with E-state index in [0.29, 0.717) is 0 Å². The van der Waals surface area contributed by atoms with Gasteiger partial charge in [-0.1, -0.05) is 28.1 Å². The average Bonchev–Trinajstić information content (AvgIpc) is 2.18. The molecule has 0 radical (unpaired) electrons. The van der Waals surface area contributed by atoms with Crippen LogP contribution >= 0.6 is 15.9 Å². The fraction of sp³-hybridized carbons (Fsp3) is 0.333. The highest BCUT2D eigenvalue weighted by Crippen LogP contribution is 2.16. The fourth-order valence-corrected chi connectivity index (χ4v) is 2.09. The van der Waals surface area contributed by atoms with Gasteiger partial charge in [0.1, 0.15) is 0 Å². The van der Waals surface area contributed by atoms with Crippen molar-refractivity contribution in [2.24, 2.45) is 0 Å². The van der Waals surface area contributed by atoms with Crippen molar-refractivity contribution in [2.45, 2.75) is 13.0 Å². The molecule has 1 aromatic rings. The fourth-order valence-electron chi connectivity index (χ4n) is 1.11. The van der Waals surface area contributed by atoms with Gasteiger partial charge in [0.15, 0.2) is 0 Å². The van der Waals surface area contributed by atoms with Crippen LogP contribution in [0.5, 0.6) is 0 Å². The summed E-state index contributed by atoms with van der Waals surface area (Å²) in [4.78, 5) is 0. The van der Waals surface area contributed by atoms with E-state index < -0.39 is 10.2 Å². The van der Waals surface area contributed by atoms with Gasteiger partial charge in [0.25, 0.3) is 10.2 Å². The van der Waals surface area contributed by atoms with E-state index in [0.717, 1.165) is 10.0 Å². The van der Waals surface area contributed by atoms with Crippen molar-refractivity contribution >= 4 is 26.1 Å². The largest absolute Gasteiger partial charge is 0.277 e. The van der Waals surface area contributed by atoms with Crippen LogP contribution in [0.25, 0.3) is 0 Å². The Hall–Kier alpha value is -0.430. The summed E-state index contributed by atoms with van der Waals surface area (Å²) in [5.74, 6) is 0. The van der Waals surface area contributed by atoms with Gasteiger partial charge < -0.3 is 0 Å². The predicted molar refractivity (Wildman–Crippen MR) is 63.7 cm³/mol. The van der Waals surface area contributed by atoms with E-state index >= 15 is 0 Å². The molecule has 1 aromatic carbocycles. The molecule has 2 N–H and O–H groups in total. The van der Waals surface area contributed by atoms with E-state index in [1.54, 1.807) is 6.92 Å². The molecule has 0 aliphatic rings. The molecule has 1 rings (SSSR count). The standard InChI is InChI=1S/C9H13BrN2O2S/c1-7(12-15(13,14)11-2)8-3-5-9(10)6-4-8/h3-7,11-12H,1-2H3. The summed E-state index contributed by atoms with van der Waals surface area (Å²) >= 11 is 3.32. The van der Waals surface area contributed by atoms with Crippen LogP contribution in [-0.2, 0) is 10.2 Å². The van der Waals surface area contributed by atoms with E-state index in [-0.39, 0.29) is 6.04 Å². The van der Waals surface area contributed by atoms with Gasteiger partial charge in [-0.05, 0) is 24.6 Å². The van der Waals surface area contributed by atoms with Crippen LogP contribution in [0.15, 0.2) is 28.7 Å². The minimum absolute atomic E-state index is 0.254. The molecule has 0 aliphatic heterocycles. The summed E-state index contributed by atoms with van der Waals surface area (Å²) < 4.78 is 28.1. The van der Waals surface area contributed by atoms with Crippen molar-refractivity contribution in [1.82, 2.24) is 9.44 Å². The van der Waals surface area contributed by atoms with E-state index in [1.165, 1.54) is 7.05 Å². The van der Waals surface area contributed by atoms with Crippen LogP contribution in [-0.4, -0.2) is 15.5 Å². The van der Waals surface area contributed by atoms with E-state index in [4.69, 9.17) is 0 Å². The molecule has 0 spiro atoms. The average molecular weight is 293 g/mol. The van der Waals surface area contributed by atoms with Crippen LogP contribution in [0.1, 0.15) is 18.5 Å². The molecule has 6 heteroatoms. The quantitative estimate of drug-likeness (QED) is 0.885. The molecule has 84 valence electrons. The van der Waals surface area contributed by atoms with E-state index in [9.17, 15) is 8.42 Å². The molecular formula is C9H13BrN2O2S. The number of hydrogen-bond acceptors (Lipinski definition) is 2. The highest BCUT2D eigenvalue weighted by atomic mass is 79.9. The van der Waals surface area contributed by atoms with Gasteiger partial charge in [-0.15, -0.1) is 0 Å². The molecule has 0 saturated carbocycles. The van der Waals surface area contributed by atoms with Crippen molar-refractivity contribution in [3.63, 3.8) is 0 Å². The van der Waals surface area contributed by atoms with Gasteiger partial charge in [0.05, 0.1) is 0 Å². The van der Waals surface area contributed by atoms with Crippen LogP contribution in [0, 0.1) is 0 Å². The molecule has 0 aromatic heterocycles. The summed E-state index contributed by atoms with van der Waals surface area (Å²) in [5.41, 5.74) is 0.914. The number of halogens is 1. The summed E-state index contributed by atoms with van der Waals surface area (Å²) in [6, 6.07) is 7.23. The van der Waals surface area contributed by atoms with Gasteiger partial charge in [0, 0.05) is 17.6 Å². The highest BCUT2D eigenvalue weighted by Gasteiger charge is 2.12. The van der Waals surface area contributed by atoms with Crippen molar-refractivity contribution in [3.05, 3.63) is 34.3 Å². The van der Waals surface area contributed by atoms with Crippen LogP contribution in [0.3, 0.4) is 0 Å². The Bertz CT molecular complexity index is 416. The molecule has 0 bridgehead atoms. The Morgan fingerprint density at radius 3 is 2.27 bits per heavy atom. The van der Waals surface area contributed by atoms with E-state index in [1.807, 2.05) is 24.3 Å². The summed E-state index contributed by atoms with van der Waals surface area (Å²) in [6.45, 7) is 1.79. The van der Waals surface area contributed by atoms with Crippen molar-refractivity contribution in [1.29, 1.82) is 0 Å². The zero-order valence-corrected chi connectivity index (χ0v) is 10.9. The smallest absolute Gasteiger partial charge is 0.205 e. The molecule has 0 aliphatic carbocycles. The first-order valence-electron chi connectivity index (χ1n) is 4.41. The zero-order chi connectivity index (χ0) is 11.5. The number of benzene rings is 1. The number of hydrogen-bond donors (Lipinski definition) is 2. The Morgan fingerprint density at radius 2 is 1.80 bits per heavy atom. The van der Waals surface area contributed by atoms with Gasteiger partial charge in [-0.2, -0.15) is 13.1 Å². The van der Waals surface area contributed by atoms with Crippen LogP contribution in [0.2, 0.25) is 0 Å². The van der Waals surface area contributed by atoms with Gasteiger partial charge >= 0.3 is 0 Å². The van der Waals surface area contributed by atoms with Crippen LogP contribution in [0.4, 0.5) is 0 Å². The predicted octanol–water partition coefficient (Wildman–Crippen LogP) is 1.56. The maximum absolute atomic E-state index is 11.2. The topological polar surface area (TPSA) is 58.2 Å². The maximum atomic E-state index is 11.2. The second-order valence-electron chi connectivity index (χ2n) is 3.10. The van der Waals surface area contributed by atoms with Crippen molar-refractivity contribution < 1.29 is 8.42 Å². The monoisotopic (exact) mass is 292 g/mol. The van der Waals surface area contributed by atoms with Gasteiger partial charge in [-0.25, -0.2) is 4.72 Å². The van der Waals surface area contributed by atoms with Gasteiger partial charge in [-0.3, -0.25) is 0 Å². The minimum Gasteiger partial charge on any atom is -0.205 e. The third-order valence-corrected chi connectivity index (χ3v) is 3.70. The first kappa shape index (κ1) is 12.6. The normalized spacial score (nSPS) is 13.8. The Balaban J connectivity index is 2.78. The zero-order valence-electron chi connectivity index (χ0n) is 8.49. The molecule has 1 atom stereocenters. The lowest BCUT2D eigenvalue weighted by atomic mass is 10.1. The molecule has 0 fully saturated rings. The Kier molecular flexibility index (Phi) is 4.27. The van der Waals surface area contributed by atoms with Crippen LogP contribution < -0.4 is 9.44 Å². The Morgan fingerprint density at radius 1 is 1.27 bits per heavy atom. The summed E-state index contributed by atoms with van der Waals surface area (Å²) in [6.07, 6.45) is 0. The molecular weight excluding hydrogens is 280 g/mol. The summed E-state index contributed by atoms with van der Waals surface area (Å²) in [5, 5.41) is 0. The van der Waals surface area contributed by atoms with E-state index in [2.05, 4.69) is 25.4 Å². The SMILES string of the molecule is CNS(=O)(=O)NC(C)c1ccc(Br)cc1. The molecule has 4 nitrogen and oxygen atoms in total. The molecule has 0 amide bonds. The molecule has 15 heavy (non-hydrogen) atoms. The second-order valence-corrected chi connectivity index (χ2v) is 5.67. The maximum Gasteiger partial charge on any atom is 0.277 e. The minimum atomic E-state index is -3.39. The Labute approximate surface area is 98.4 Å². The third kappa shape index (κ3) is 3.90. The highest BCUT2D eigenvalue weighted by molar-refractivity contribution is 9.10.